The van der Waals surface area contributed by atoms with E-state index < -0.39 is 11.7 Å². The predicted octanol–water partition coefficient (Wildman–Crippen LogP) is 3.22. The summed E-state index contributed by atoms with van der Waals surface area (Å²) in [6.07, 6.45) is 3.55. The minimum Gasteiger partial charge on any atom is -0.350 e. The lowest BCUT2D eigenvalue weighted by Gasteiger charge is -2.18. The van der Waals surface area contributed by atoms with Crippen molar-refractivity contribution in [2.24, 2.45) is 0 Å². The second-order valence-corrected chi connectivity index (χ2v) is 7.02. The lowest BCUT2D eigenvalue weighted by molar-refractivity contribution is -0.111. The average Bonchev–Trinajstić information content (AvgIpc) is 3.22. The van der Waals surface area contributed by atoms with Gasteiger partial charge in [-0.05, 0) is 36.8 Å². The summed E-state index contributed by atoms with van der Waals surface area (Å²) in [7, 11) is 0. The van der Waals surface area contributed by atoms with Gasteiger partial charge in [0.15, 0.2) is 0 Å². The minimum absolute atomic E-state index is 0.00543. The summed E-state index contributed by atoms with van der Waals surface area (Å²) in [4.78, 5) is 34.6. The van der Waals surface area contributed by atoms with Crippen LogP contribution in [0.3, 0.4) is 0 Å². The molecule has 30 heavy (non-hydrogen) atoms. The lowest BCUT2D eigenvalue weighted by Crippen LogP contribution is -2.32. The molecule has 8 heteroatoms. The summed E-state index contributed by atoms with van der Waals surface area (Å²) >= 11 is 0. The molecule has 1 unspecified atom stereocenters. The van der Waals surface area contributed by atoms with Crippen LogP contribution < -0.4 is 10.6 Å². The maximum absolute atomic E-state index is 14.2. The van der Waals surface area contributed by atoms with Crippen LogP contribution in [-0.2, 0) is 4.79 Å². The second kappa shape index (κ2) is 8.28. The SMILES string of the molecule is C=CC(=O)Nc1ccc(C(=O)N2CCC(Nc3ncc4ccccc4n3)C2)cc1F. The van der Waals surface area contributed by atoms with Crippen molar-refractivity contribution in [2.45, 2.75) is 12.5 Å². The van der Waals surface area contributed by atoms with Crippen molar-refractivity contribution < 1.29 is 14.0 Å². The molecule has 2 N–H and O–H groups in total. The maximum atomic E-state index is 14.2. The summed E-state index contributed by atoms with van der Waals surface area (Å²) < 4.78 is 14.2. The Bertz CT molecular complexity index is 1130. The van der Waals surface area contributed by atoms with E-state index in [2.05, 4.69) is 27.2 Å². The second-order valence-electron chi connectivity index (χ2n) is 7.02. The topological polar surface area (TPSA) is 87.2 Å². The maximum Gasteiger partial charge on any atom is 0.254 e. The summed E-state index contributed by atoms with van der Waals surface area (Å²) in [5, 5.41) is 6.59. The molecule has 1 aromatic heterocycles. The Morgan fingerprint density at radius 1 is 1.23 bits per heavy atom. The zero-order valence-corrected chi connectivity index (χ0v) is 16.1. The van der Waals surface area contributed by atoms with Crippen LogP contribution in [-0.4, -0.2) is 45.8 Å². The molecule has 2 amide bonds. The molecule has 0 aliphatic carbocycles. The van der Waals surface area contributed by atoms with Gasteiger partial charge in [0.1, 0.15) is 5.82 Å². The summed E-state index contributed by atoms with van der Waals surface area (Å²) in [5.74, 6) is -0.938. The zero-order valence-electron chi connectivity index (χ0n) is 16.1. The van der Waals surface area contributed by atoms with Crippen LogP contribution in [0.5, 0.6) is 0 Å². The number of amides is 2. The molecule has 1 aliphatic rings. The Hall–Kier alpha value is -3.81. The van der Waals surface area contributed by atoms with Gasteiger partial charge in [-0.15, -0.1) is 0 Å². The Morgan fingerprint density at radius 2 is 2.07 bits per heavy atom. The number of rotatable bonds is 5. The molecule has 0 bridgehead atoms. The van der Waals surface area contributed by atoms with Crippen LogP contribution in [0.2, 0.25) is 0 Å². The van der Waals surface area contributed by atoms with E-state index in [1.807, 2.05) is 24.3 Å². The van der Waals surface area contributed by atoms with Gasteiger partial charge >= 0.3 is 0 Å². The number of carbonyl (C=O) groups is 2. The molecule has 1 atom stereocenters. The van der Waals surface area contributed by atoms with E-state index in [1.54, 1.807) is 11.1 Å². The van der Waals surface area contributed by atoms with Crippen LogP contribution in [0.1, 0.15) is 16.8 Å². The first kappa shape index (κ1) is 19.5. The van der Waals surface area contributed by atoms with Crippen molar-refractivity contribution in [3.8, 4) is 0 Å². The third-order valence-electron chi connectivity index (χ3n) is 4.96. The summed E-state index contributed by atoms with van der Waals surface area (Å²) in [6, 6.07) is 11.7. The molecule has 0 radical (unpaired) electrons. The highest BCUT2D eigenvalue weighted by molar-refractivity contribution is 6.00. The van der Waals surface area contributed by atoms with Crippen molar-refractivity contribution in [1.29, 1.82) is 0 Å². The van der Waals surface area contributed by atoms with Gasteiger partial charge in [-0.25, -0.2) is 14.4 Å². The van der Waals surface area contributed by atoms with Gasteiger partial charge in [-0.1, -0.05) is 24.8 Å². The number of hydrogen-bond acceptors (Lipinski definition) is 5. The number of likely N-dealkylation sites (tertiary alicyclic amines) is 1. The first-order valence-corrected chi connectivity index (χ1v) is 9.54. The fourth-order valence-corrected chi connectivity index (χ4v) is 3.40. The van der Waals surface area contributed by atoms with Crippen molar-refractivity contribution in [1.82, 2.24) is 14.9 Å². The quantitative estimate of drug-likeness (QED) is 0.637. The monoisotopic (exact) mass is 405 g/mol. The standard InChI is InChI=1S/C22H20FN5O2/c1-2-20(29)26-19-8-7-14(11-17(19)23)21(30)28-10-9-16(13-28)25-22-24-12-15-5-3-4-6-18(15)27-22/h2-8,11-12,16H,1,9-10,13H2,(H,26,29)(H,24,25,27). The molecule has 4 rings (SSSR count). The number of anilines is 2. The molecule has 3 aromatic rings. The first-order valence-electron chi connectivity index (χ1n) is 9.54. The number of hydrogen-bond donors (Lipinski definition) is 2. The van der Waals surface area contributed by atoms with Gasteiger partial charge in [-0.2, -0.15) is 0 Å². The largest absolute Gasteiger partial charge is 0.350 e. The van der Waals surface area contributed by atoms with Crippen LogP contribution in [0.4, 0.5) is 16.0 Å². The number of carbonyl (C=O) groups excluding carboxylic acids is 2. The highest BCUT2D eigenvalue weighted by Crippen LogP contribution is 2.21. The molecule has 7 nitrogen and oxygen atoms in total. The Morgan fingerprint density at radius 3 is 2.87 bits per heavy atom. The summed E-state index contributed by atoms with van der Waals surface area (Å²) in [6.45, 7) is 4.33. The van der Waals surface area contributed by atoms with Gasteiger partial charge in [0.2, 0.25) is 11.9 Å². The Kier molecular flexibility index (Phi) is 5.38. The number of benzene rings is 2. The predicted molar refractivity (Wildman–Crippen MR) is 113 cm³/mol. The van der Waals surface area contributed by atoms with Crippen LogP contribution >= 0.6 is 0 Å². The van der Waals surface area contributed by atoms with E-state index in [0.717, 1.165) is 29.5 Å². The number of halogens is 1. The molecule has 1 fully saturated rings. The van der Waals surface area contributed by atoms with Crippen molar-refractivity contribution in [3.05, 3.63) is 72.7 Å². The van der Waals surface area contributed by atoms with E-state index in [9.17, 15) is 14.0 Å². The molecule has 2 heterocycles. The highest BCUT2D eigenvalue weighted by Gasteiger charge is 2.28. The fourth-order valence-electron chi connectivity index (χ4n) is 3.40. The van der Waals surface area contributed by atoms with Crippen LogP contribution in [0.25, 0.3) is 10.9 Å². The van der Waals surface area contributed by atoms with Gasteiger partial charge in [-0.3, -0.25) is 9.59 Å². The first-order chi connectivity index (χ1) is 14.5. The third-order valence-corrected chi connectivity index (χ3v) is 4.96. The number of fused-ring (bicyclic) bond motifs is 1. The van der Waals surface area contributed by atoms with Crippen molar-refractivity contribution in [2.75, 3.05) is 23.7 Å². The fraction of sp³-hybridized carbons (Fsp3) is 0.182. The van der Waals surface area contributed by atoms with E-state index in [1.165, 1.54) is 12.1 Å². The smallest absolute Gasteiger partial charge is 0.254 e. The molecule has 2 aromatic carbocycles. The number of nitrogens with one attached hydrogen (secondary N) is 2. The van der Waals surface area contributed by atoms with E-state index in [-0.39, 0.29) is 23.2 Å². The molecule has 1 aliphatic heterocycles. The Balaban J connectivity index is 1.41. The summed E-state index contributed by atoms with van der Waals surface area (Å²) in [5.41, 5.74) is 1.08. The van der Waals surface area contributed by atoms with E-state index >= 15 is 0 Å². The van der Waals surface area contributed by atoms with Gasteiger partial charge in [0.25, 0.3) is 5.91 Å². The number of para-hydroxylation sites is 1. The van der Waals surface area contributed by atoms with Gasteiger partial charge in [0.05, 0.1) is 11.2 Å². The number of nitrogens with zero attached hydrogens (tertiary/aromatic N) is 3. The van der Waals surface area contributed by atoms with E-state index in [4.69, 9.17) is 0 Å². The van der Waals surface area contributed by atoms with Gasteiger partial charge in [0, 0.05) is 36.3 Å². The van der Waals surface area contributed by atoms with Crippen molar-refractivity contribution in [3.63, 3.8) is 0 Å². The average molecular weight is 405 g/mol. The van der Waals surface area contributed by atoms with Gasteiger partial charge < -0.3 is 15.5 Å². The lowest BCUT2D eigenvalue weighted by atomic mass is 10.1. The van der Waals surface area contributed by atoms with Crippen molar-refractivity contribution >= 4 is 34.4 Å². The molecular formula is C22H20FN5O2. The van der Waals surface area contributed by atoms with E-state index in [0.29, 0.717) is 19.0 Å². The number of aromatic nitrogens is 2. The molecule has 0 saturated carbocycles. The molecule has 1 saturated heterocycles. The third kappa shape index (κ3) is 4.12. The molecular weight excluding hydrogens is 385 g/mol. The zero-order chi connectivity index (χ0) is 21.1. The highest BCUT2D eigenvalue weighted by atomic mass is 19.1. The Labute approximate surface area is 172 Å². The van der Waals surface area contributed by atoms with Crippen LogP contribution in [0, 0.1) is 5.82 Å². The molecule has 152 valence electrons. The molecule has 0 spiro atoms. The minimum atomic E-state index is -0.672. The normalized spacial score (nSPS) is 15.8. The van der Waals surface area contributed by atoms with Crippen LogP contribution in [0.15, 0.2) is 61.3 Å².